The first-order valence-electron chi connectivity index (χ1n) is 16.9. The lowest BCUT2D eigenvalue weighted by Crippen LogP contribution is -2.43. The van der Waals surface area contributed by atoms with E-state index in [1.807, 2.05) is 39.0 Å². The molecule has 1 aliphatic rings. The molecular weight excluding hydrogens is 757 g/mol. The van der Waals surface area contributed by atoms with E-state index in [1.54, 1.807) is 0 Å². The molecule has 8 nitrogen and oxygen atoms in total. The third kappa shape index (κ3) is 8.64. The number of benzene rings is 4. The second kappa shape index (κ2) is 15.3. The number of nitrogens with zero attached hydrogens (tertiary/aromatic N) is 2. The molecule has 0 unspecified atom stereocenters. The highest BCUT2D eigenvalue weighted by Gasteiger charge is 2.40. The van der Waals surface area contributed by atoms with Crippen molar-refractivity contribution in [1.29, 1.82) is 0 Å². The van der Waals surface area contributed by atoms with E-state index in [9.17, 15) is 45.1 Å². The summed E-state index contributed by atoms with van der Waals surface area (Å²) in [6.45, 7) is 3.55. The van der Waals surface area contributed by atoms with Crippen molar-refractivity contribution in [3.63, 3.8) is 0 Å². The van der Waals surface area contributed by atoms with Crippen LogP contribution in [0, 0.1) is 30.2 Å². The van der Waals surface area contributed by atoms with Gasteiger partial charge in [-0.25, -0.2) is 30.8 Å². The summed E-state index contributed by atoms with van der Waals surface area (Å²) < 4.78 is 136. The van der Waals surface area contributed by atoms with Gasteiger partial charge >= 0.3 is 12.1 Å². The Hall–Kier alpha value is -4.96. The Kier molecular flexibility index (Phi) is 11.5. The molecule has 16 heteroatoms. The van der Waals surface area contributed by atoms with Crippen LogP contribution in [-0.2, 0) is 39.5 Å². The van der Waals surface area contributed by atoms with E-state index in [4.69, 9.17) is 4.74 Å². The number of ether oxygens (including phenoxy) is 1. The van der Waals surface area contributed by atoms with Gasteiger partial charge < -0.3 is 14.7 Å². The van der Waals surface area contributed by atoms with Crippen molar-refractivity contribution in [2.75, 3.05) is 18.6 Å². The van der Waals surface area contributed by atoms with E-state index in [0.717, 1.165) is 59.2 Å². The number of hydrogen-bond donors (Lipinski definition) is 1. The minimum Gasteiger partial charge on any atom is -0.495 e. The Bertz CT molecular complexity index is 2240. The molecule has 1 saturated carbocycles. The Balaban J connectivity index is 1.70. The summed E-state index contributed by atoms with van der Waals surface area (Å²) in [5.74, 6) is -11.3. The molecule has 294 valence electrons. The molecule has 0 aromatic heterocycles. The molecule has 1 N–H and O–H groups in total. The van der Waals surface area contributed by atoms with Crippen LogP contribution >= 0.6 is 0 Å². The third-order valence-corrected chi connectivity index (χ3v) is 11.1. The number of anilines is 1. The lowest BCUT2D eigenvalue weighted by atomic mass is 9.84. The molecule has 0 saturated heterocycles. The molecule has 0 aliphatic heterocycles. The maximum Gasteiger partial charge on any atom is 0.416 e. The minimum atomic E-state index is -5.78. The number of sulfonamides is 1. The Labute approximate surface area is 313 Å². The van der Waals surface area contributed by atoms with Crippen LogP contribution in [0.4, 0.5) is 36.4 Å². The van der Waals surface area contributed by atoms with Crippen LogP contribution in [0.1, 0.15) is 83.3 Å². The first-order chi connectivity index (χ1) is 25.6. The first kappa shape index (κ1) is 41.2. The average Bonchev–Trinajstić information content (AvgIpc) is 3.97. The summed E-state index contributed by atoms with van der Waals surface area (Å²) in [4.78, 5) is 25.4. The van der Waals surface area contributed by atoms with Crippen molar-refractivity contribution in [1.82, 2.24) is 4.31 Å². The molecule has 1 amide bonds. The van der Waals surface area contributed by atoms with Gasteiger partial charge in [0, 0.05) is 12.1 Å². The third-order valence-electron chi connectivity index (χ3n) is 9.31. The topological polar surface area (TPSA) is 104 Å². The first-order valence-corrected chi connectivity index (χ1v) is 18.3. The quantitative estimate of drug-likeness (QED) is 0.0874. The monoisotopic (exact) mass is 794 g/mol. The normalized spacial score (nSPS) is 13.6. The van der Waals surface area contributed by atoms with Crippen LogP contribution in [0.15, 0.2) is 65.6 Å². The van der Waals surface area contributed by atoms with Crippen molar-refractivity contribution in [2.24, 2.45) is 0 Å². The van der Waals surface area contributed by atoms with Gasteiger partial charge in [-0.1, -0.05) is 57.2 Å². The molecule has 55 heavy (non-hydrogen) atoms. The van der Waals surface area contributed by atoms with Crippen LogP contribution in [0.25, 0.3) is 0 Å². The summed E-state index contributed by atoms with van der Waals surface area (Å²) in [6, 6.07) is 12.8. The zero-order valence-electron chi connectivity index (χ0n) is 30.3. The molecule has 4 aromatic carbocycles. The fourth-order valence-electron chi connectivity index (χ4n) is 6.08. The Morgan fingerprint density at radius 2 is 1.53 bits per heavy atom. The van der Waals surface area contributed by atoms with Crippen LogP contribution in [0.2, 0.25) is 0 Å². The molecule has 1 aliphatic carbocycles. The molecule has 0 atom stereocenters. The lowest BCUT2D eigenvalue weighted by Gasteiger charge is -2.30. The number of hydrogen-bond acceptors (Lipinski definition) is 5. The van der Waals surface area contributed by atoms with Gasteiger partial charge in [0.1, 0.15) is 5.75 Å². The van der Waals surface area contributed by atoms with Crippen molar-refractivity contribution in [3.05, 3.63) is 123 Å². The number of rotatable bonds is 12. The van der Waals surface area contributed by atoms with E-state index < -0.39 is 86.0 Å². The summed E-state index contributed by atoms with van der Waals surface area (Å²) in [7, 11) is -4.60. The lowest BCUT2D eigenvalue weighted by molar-refractivity contribution is -0.138. The summed E-state index contributed by atoms with van der Waals surface area (Å²) in [5.41, 5.74) is -1.59. The van der Waals surface area contributed by atoms with Crippen molar-refractivity contribution < 1.29 is 58.6 Å². The molecule has 0 heterocycles. The molecule has 0 radical (unpaired) electrons. The van der Waals surface area contributed by atoms with E-state index in [-0.39, 0.29) is 39.2 Å². The number of amides is 1. The number of carbonyl (C=O) groups is 2. The molecule has 1 fully saturated rings. The van der Waals surface area contributed by atoms with E-state index in [2.05, 4.69) is 0 Å². The van der Waals surface area contributed by atoms with Gasteiger partial charge in [-0.3, -0.25) is 4.79 Å². The van der Waals surface area contributed by atoms with Gasteiger partial charge in [0.2, 0.25) is 15.9 Å². The second-order valence-corrected chi connectivity index (χ2v) is 16.2. The number of carbonyl (C=O) groups excluding carboxylic acids is 1. The highest BCUT2D eigenvalue weighted by Crippen LogP contribution is 2.42. The van der Waals surface area contributed by atoms with Crippen molar-refractivity contribution in [2.45, 2.75) is 76.0 Å². The number of aromatic carboxylic acids is 1. The highest BCUT2D eigenvalue weighted by molar-refractivity contribution is 7.89. The van der Waals surface area contributed by atoms with Crippen molar-refractivity contribution in [3.8, 4) is 5.75 Å². The number of methoxy groups -OCH3 is 1. The van der Waals surface area contributed by atoms with Gasteiger partial charge in [-0.05, 0) is 77.6 Å². The number of alkyl halides is 3. The SMILES string of the molecule is COc1cc(C(=O)O)ccc1N(Cc1cc(C2CC2)cc(C(C)(C)C)c1)C(=O)CN(Cc1ccccc1C(F)(F)F)S(=O)(=O)c1c(F)c(C)c(F)c(F)c1F. The standard InChI is InChI=1S/C39H37F7N2O6S/c1-21-32(40)34(42)35(43)36(33(21)41)55(52,53)47(19-25-8-6-7-9-28(25)39(44,45)46)20-31(49)48(29-13-12-24(37(50)51)17-30(29)54-5)18-22-14-26(23-10-11-23)16-27(15-22)38(2,3)4/h6-9,12-17,23H,10-11,18-20H2,1-5H3,(H,50,51). The van der Waals surface area contributed by atoms with Gasteiger partial charge in [-0.15, -0.1) is 0 Å². The Morgan fingerprint density at radius 3 is 2.11 bits per heavy atom. The van der Waals surface area contributed by atoms with E-state index in [0.29, 0.717) is 18.6 Å². The van der Waals surface area contributed by atoms with Crippen LogP contribution in [-0.4, -0.2) is 43.4 Å². The van der Waals surface area contributed by atoms with E-state index in [1.165, 1.54) is 13.2 Å². The predicted octanol–water partition coefficient (Wildman–Crippen LogP) is 8.88. The molecular formula is C39H37F7N2O6S. The van der Waals surface area contributed by atoms with Gasteiger partial charge in [-0.2, -0.15) is 17.5 Å². The zero-order chi connectivity index (χ0) is 40.8. The largest absolute Gasteiger partial charge is 0.495 e. The highest BCUT2D eigenvalue weighted by atomic mass is 32.2. The number of carboxylic acid groups (broad SMARTS) is 1. The van der Waals surface area contributed by atoms with Gasteiger partial charge in [0.15, 0.2) is 28.2 Å². The van der Waals surface area contributed by atoms with Crippen LogP contribution in [0.3, 0.4) is 0 Å². The molecule has 0 spiro atoms. The van der Waals surface area contributed by atoms with Gasteiger partial charge in [0.05, 0.1) is 37.0 Å². The molecule has 4 aromatic rings. The van der Waals surface area contributed by atoms with Crippen LogP contribution < -0.4 is 9.64 Å². The Morgan fingerprint density at radius 1 is 0.873 bits per heavy atom. The number of carboxylic acids is 1. The fourth-order valence-corrected chi connectivity index (χ4v) is 7.63. The van der Waals surface area contributed by atoms with Crippen molar-refractivity contribution >= 4 is 27.6 Å². The maximum atomic E-state index is 15.5. The summed E-state index contributed by atoms with van der Waals surface area (Å²) in [6.07, 6.45) is -3.21. The fraction of sp³-hybridized carbons (Fsp3) is 0.333. The van der Waals surface area contributed by atoms with Crippen LogP contribution in [0.5, 0.6) is 5.75 Å². The average molecular weight is 795 g/mol. The molecule has 0 bridgehead atoms. The predicted molar refractivity (Wildman–Crippen MR) is 188 cm³/mol. The smallest absolute Gasteiger partial charge is 0.416 e. The second-order valence-electron chi connectivity index (χ2n) is 14.3. The molecule has 5 rings (SSSR count). The zero-order valence-corrected chi connectivity index (χ0v) is 31.1. The summed E-state index contributed by atoms with van der Waals surface area (Å²) in [5, 5.41) is 9.61. The maximum absolute atomic E-state index is 15.5. The number of halogens is 7. The minimum absolute atomic E-state index is 0.0461. The summed E-state index contributed by atoms with van der Waals surface area (Å²) >= 11 is 0. The van der Waals surface area contributed by atoms with Gasteiger partial charge in [0.25, 0.3) is 0 Å². The van der Waals surface area contributed by atoms with E-state index >= 15 is 8.78 Å².